The lowest BCUT2D eigenvalue weighted by Crippen LogP contribution is -2.45. The molecule has 174 valence electrons. The summed E-state index contributed by atoms with van der Waals surface area (Å²) in [7, 11) is 1.55. The summed E-state index contributed by atoms with van der Waals surface area (Å²) >= 11 is 0. The van der Waals surface area contributed by atoms with Crippen LogP contribution in [0.5, 0.6) is 23.0 Å². The van der Waals surface area contributed by atoms with Gasteiger partial charge >= 0.3 is 0 Å². The molecule has 2 aliphatic rings. The third-order valence-electron chi connectivity index (χ3n) is 6.10. The van der Waals surface area contributed by atoms with Gasteiger partial charge in [0.2, 0.25) is 5.78 Å². The van der Waals surface area contributed by atoms with Gasteiger partial charge in [-0.2, -0.15) is 0 Å². The van der Waals surface area contributed by atoms with E-state index in [0.717, 1.165) is 5.56 Å². The standard InChI is InChI=1S/C28H26O6/c1-27(2)14-13-20-23(34-27)12-10-21-25(20)33-17-28(30,26(21)29)22-11-9-19(31-3)15-24(22)32-16-18-7-5-4-6-8-18/h4-15,30H,16-17H2,1-3H3. The summed E-state index contributed by atoms with van der Waals surface area (Å²) in [4.78, 5) is 13.7. The fraction of sp³-hybridized carbons (Fsp3) is 0.250. The molecular formula is C28H26O6. The number of carbonyl (C=O) groups excluding carboxylic acids is 1. The second kappa shape index (κ2) is 8.22. The number of ether oxygens (including phenoxy) is 4. The van der Waals surface area contributed by atoms with Crippen LogP contribution in [0.2, 0.25) is 0 Å². The van der Waals surface area contributed by atoms with E-state index in [-0.39, 0.29) is 13.2 Å². The molecule has 0 amide bonds. The molecule has 2 heterocycles. The SMILES string of the molecule is COc1ccc(C2(O)COc3c(ccc4c3C=CC(C)(C)O4)C2=O)c(OCc2ccccc2)c1. The van der Waals surface area contributed by atoms with E-state index in [1.54, 1.807) is 37.4 Å². The largest absolute Gasteiger partial charge is 0.497 e. The van der Waals surface area contributed by atoms with Gasteiger partial charge in [-0.15, -0.1) is 0 Å². The summed E-state index contributed by atoms with van der Waals surface area (Å²) < 4.78 is 23.4. The number of hydrogen-bond donors (Lipinski definition) is 1. The van der Waals surface area contributed by atoms with Crippen molar-refractivity contribution in [2.45, 2.75) is 31.7 Å². The molecule has 0 aromatic heterocycles. The summed E-state index contributed by atoms with van der Waals surface area (Å²) in [6.45, 7) is 3.93. The zero-order valence-electron chi connectivity index (χ0n) is 19.3. The van der Waals surface area contributed by atoms with Gasteiger partial charge in [0.15, 0.2) is 5.60 Å². The molecule has 2 aliphatic heterocycles. The fourth-order valence-electron chi connectivity index (χ4n) is 4.26. The minimum absolute atomic E-state index is 0.249. The maximum absolute atomic E-state index is 13.7. The zero-order chi connectivity index (χ0) is 23.9. The van der Waals surface area contributed by atoms with Gasteiger partial charge in [-0.05, 0) is 55.8 Å². The molecule has 0 saturated heterocycles. The van der Waals surface area contributed by atoms with Crippen molar-refractivity contribution in [1.82, 2.24) is 0 Å². The number of fused-ring (bicyclic) bond motifs is 3. The van der Waals surface area contributed by atoms with Crippen molar-refractivity contribution in [2.75, 3.05) is 13.7 Å². The van der Waals surface area contributed by atoms with Gasteiger partial charge in [-0.3, -0.25) is 4.79 Å². The molecule has 6 heteroatoms. The van der Waals surface area contributed by atoms with E-state index in [1.165, 1.54) is 0 Å². The average Bonchev–Trinajstić information content (AvgIpc) is 2.84. The van der Waals surface area contributed by atoms with Crippen molar-refractivity contribution in [2.24, 2.45) is 0 Å². The predicted octanol–water partition coefficient (Wildman–Crippen LogP) is 4.92. The number of methoxy groups -OCH3 is 1. The van der Waals surface area contributed by atoms with Crippen LogP contribution in [0.15, 0.2) is 66.7 Å². The summed E-state index contributed by atoms with van der Waals surface area (Å²) in [5.74, 6) is 1.51. The van der Waals surface area contributed by atoms with E-state index in [2.05, 4.69) is 0 Å². The second-order valence-electron chi connectivity index (χ2n) is 9.01. The number of ketones is 1. The Balaban J connectivity index is 1.52. The van der Waals surface area contributed by atoms with E-state index < -0.39 is 17.0 Å². The highest BCUT2D eigenvalue weighted by atomic mass is 16.5. The van der Waals surface area contributed by atoms with Crippen LogP contribution in [0.3, 0.4) is 0 Å². The minimum atomic E-state index is -1.92. The van der Waals surface area contributed by atoms with Crippen molar-refractivity contribution in [3.63, 3.8) is 0 Å². The molecule has 6 nitrogen and oxygen atoms in total. The highest BCUT2D eigenvalue weighted by molar-refractivity contribution is 6.07. The molecule has 0 fully saturated rings. The zero-order valence-corrected chi connectivity index (χ0v) is 19.3. The molecule has 3 aromatic rings. The van der Waals surface area contributed by atoms with Gasteiger partial charge in [0, 0.05) is 11.6 Å². The van der Waals surface area contributed by atoms with Crippen LogP contribution in [0.4, 0.5) is 0 Å². The summed E-state index contributed by atoms with van der Waals surface area (Å²) in [6, 6.07) is 18.1. The lowest BCUT2D eigenvalue weighted by atomic mass is 9.82. The number of benzene rings is 3. The first-order chi connectivity index (χ1) is 16.3. The van der Waals surface area contributed by atoms with Crippen molar-refractivity contribution in [3.8, 4) is 23.0 Å². The van der Waals surface area contributed by atoms with Crippen molar-refractivity contribution in [1.29, 1.82) is 0 Å². The first-order valence-corrected chi connectivity index (χ1v) is 11.1. The van der Waals surface area contributed by atoms with Crippen LogP contribution in [0, 0.1) is 0 Å². The Bertz CT molecular complexity index is 1280. The third kappa shape index (κ3) is 3.80. The van der Waals surface area contributed by atoms with E-state index >= 15 is 0 Å². The van der Waals surface area contributed by atoms with Crippen LogP contribution < -0.4 is 18.9 Å². The van der Waals surface area contributed by atoms with Gasteiger partial charge in [-0.1, -0.05) is 30.3 Å². The molecule has 0 radical (unpaired) electrons. The van der Waals surface area contributed by atoms with Crippen LogP contribution in [0.25, 0.3) is 6.08 Å². The maximum atomic E-state index is 13.7. The highest BCUT2D eigenvalue weighted by Gasteiger charge is 2.47. The van der Waals surface area contributed by atoms with Crippen molar-refractivity contribution < 1.29 is 28.8 Å². The van der Waals surface area contributed by atoms with Crippen LogP contribution >= 0.6 is 0 Å². The van der Waals surface area contributed by atoms with Gasteiger partial charge in [0.25, 0.3) is 0 Å². The number of rotatable bonds is 5. The van der Waals surface area contributed by atoms with E-state index in [4.69, 9.17) is 18.9 Å². The molecular weight excluding hydrogens is 432 g/mol. The molecule has 0 saturated carbocycles. The van der Waals surface area contributed by atoms with Crippen LogP contribution in [-0.2, 0) is 12.2 Å². The number of carbonyl (C=O) groups is 1. The molecule has 0 spiro atoms. The Morgan fingerprint density at radius 3 is 2.62 bits per heavy atom. The Morgan fingerprint density at radius 1 is 1.06 bits per heavy atom. The Morgan fingerprint density at radius 2 is 1.85 bits per heavy atom. The molecule has 34 heavy (non-hydrogen) atoms. The number of hydrogen-bond acceptors (Lipinski definition) is 6. The molecule has 5 rings (SSSR count). The molecule has 3 aromatic carbocycles. The molecule has 1 unspecified atom stereocenters. The lowest BCUT2D eigenvalue weighted by molar-refractivity contribution is -0.00692. The summed E-state index contributed by atoms with van der Waals surface area (Å²) in [6.07, 6.45) is 3.82. The second-order valence-corrected chi connectivity index (χ2v) is 9.01. The number of Topliss-reactive ketones (excluding diaryl/α,β-unsaturated/α-hetero) is 1. The van der Waals surface area contributed by atoms with Crippen molar-refractivity contribution in [3.05, 3.63) is 89.0 Å². The topological polar surface area (TPSA) is 74.2 Å². The maximum Gasteiger partial charge on any atom is 0.206 e. The lowest BCUT2D eigenvalue weighted by Gasteiger charge is -2.36. The first kappa shape index (κ1) is 22.0. The minimum Gasteiger partial charge on any atom is -0.497 e. The van der Waals surface area contributed by atoms with Gasteiger partial charge < -0.3 is 24.1 Å². The third-order valence-corrected chi connectivity index (χ3v) is 6.10. The quantitative estimate of drug-likeness (QED) is 0.585. The van der Waals surface area contributed by atoms with Gasteiger partial charge in [-0.25, -0.2) is 0 Å². The monoisotopic (exact) mass is 458 g/mol. The first-order valence-electron chi connectivity index (χ1n) is 11.1. The van der Waals surface area contributed by atoms with Gasteiger partial charge in [0.1, 0.15) is 41.8 Å². The Hall–Kier alpha value is -3.77. The molecule has 0 aliphatic carbocycles. The summed E-state index contributed by atoms with van der Waals surface area (Å²) in [5, 5.41) is 11.6. The van der Waals surface area contributed by atoms with Crippen molar-refractivity contribution >= 4 is 11.9 Å². The fourth-order valence-corrected chi connectivity index (χ4v) is 4.26. The van der Waals surface area contributed by atoms with E-state index in [1.807, 2.05) is 56.3 Å². The Labute approximate surface area is 198 Å². The van der Waals surface area contributed by atoms with E-state index in [9.17, 15) is 9.90 Å². The highest BCUT2D eigenvalue weighted by Crippen LogP contribution is 2.46. The Kier molecular flexibility index (Phi) is 5.33. The van der Waals surface area contributed by atoms with Crippen LogP contribution in [0.1, 0.15) is 40.9 Å². The molecule has 0 bridgehead atoms. The smallest absolute Gasteiger partial charge is 0.206 e. The average molecular weight is 459 g/mol. The summed E-state index contributed by atoms with van der Waals surface area (Å²) in [5.41, 5.74) is -0.0910. The molecule has 1 N–H and O–H groups in total. The van der Waals surface area contributed by atoms with E-state index in [0.29, 0.717) is 39.7 Å². The molecule has 1 atom stereocenters. The number of aliphatic hydroxyl groups is 1. The van der Waals surface area contributed by atoms with Crippen LogP contribution in [-0.4, -0.2) is 30.2 Å². The van der Waals surface area contributed by atoms with Gasteiger partial charge in [0.05, 0.1) is 18.2 Å². The predicted molar refractivity (Wildman–Crippen MR) is 128 cm³/mol. The normalized spacial score (nSPS) is 19.9.